The molecule has 0 spiro atoms. The first-order chi connectivity index (χ1) is 22.3. The second kappa shape index (κ2) is 12.5. The predicted octanol–water partition coefficient (Wildman–Crippen LogP) is 8.04. The van der Waals surface area contributed by atoms with Crippen molar-refractivity contribution in [3.05, 3.63) is 128 Å². The van der Waals surface area contributed by atoms with E-state index in [9.17, 15) is 18.8 Å². The SMILES string of the molecule is O=C(NC1(C=C2CCC(c3ccccc3CN3CCCCC3=O)CC2)CC1c1ccc(Cl)cc1)c1cc(=O)c2cccc(F)c2o1. The number of benzene rings is 3. The van der Waals surface area contributed by atoms with E-state index in [0.717, 1.165) is 56.7 Å². The summed E-state index contributed by atoms with van der Waals surface area (Å²) in [5, 5.41) is 3.90. The smallest absolute Gasteiger partial charge is 0.287 e. The summed E-state index contributed by atoms with van der Waals surface area (Å²) >= 11 is 6.17. The van der Waals surface area contributed by atoms with Crippen LogP contribution in [-0.4, -0.2) is 28.8 Å². The number of hydrogen-bond acceptors (Lipinski definition) is 4. The number of hydrogen-bond donors (Lipinski definition) is 1. The van der Waals surface area contributed by atoms with Gasteiger partial charge in [-0.15, -0.1) is 0 Å². The van der Waals surface area contributed by atoms with Gasteiger partial charge in [0, 0.05) is 36.5 Å². The second-order valence-corrected chi connectivity index (χ2v) is 13.4. The molecule has 1 saturated heterocycles. The van der Waals surface area contributed by atoms with Crippen LogP contribution in [0.15, 0.2) is 93.7 Å². The molecule has 46 heavy (non-hydrogen) atoms. The van der Waals surface area contributed by atoms with Gasteiger partial charge in [-0.05, 0) is 91.8 Å². The number of halogens is 2. The Morgan fingerprint density at radius 1 is 1.00 bits per heavy atom. The number of nitrogens with one attached hydrogen (secondary N) is 1. The summed E-state index contributed by atoms with van der Waals surface area (Å²) in [6, 6.07) is 21.4. The van der Waals surface area contributed by atoms with Crippen molar-refractivity contribution in [2.75, 3.05) is 6.54 Å². The molecule has 236 valence electrons. The lowest BCUT2D eigenvalue weighted by Gasteiger charge is -2.31. The van der Waals surface area contributed by atoms with Crippen molar-refractivity contribution in [3.63, 3.8) is 0 Å². The highest BCUT2D eigenvalue weighted by Gasteiger charge is 2.55. The Kier molecular flexibility index (Phi) is 8.28. The van der Waals surface area contributed by atoms with Gasteiger partial charge in [-0.2, -0.15) is 0 Å². The third kappa shape index (κ3) is 6.13. The molecule has 2 amide bonds. The van der Waals surface area contributed by atoms with Crippen LogP contribution >= 0.6 is 11.6 Å². The number of carbonyl (C=O) groups is 2. The Labute approximate surface area is 272 Å². The minimum absolute atomic E-state index is 0.0191. The van der Waals surface area contributed by atoms with E-state index in [1.54, 1.807) is 0 Å². The number of para-hydroxylation sites is 1. The number of amides is 2. The van der Waals surface area contributed by atoms with E-state index in [1.165, 1.54) is 34.9 Å². The monoisotopic (exact) mass is 638 g/mol. The van der Waals surface area contributed by atoms with Gasteiger partial charge in [0.1, 0.15) is 0 Å². The van der Waals surface area contributed by atoms with E-state index in [4.69, 9.17) is 16.0 Å². The van der Waals surface area contributed by atoms with Crippen LogP contribution in [0.2, 0.25) is 5.02 Å². The third-order valence-corrected chi connectivity index (χ3v) is 10.2. The molecule has 3 aliphatic rings. The summed E-state index contributed by atoms with van der Waals surface area (Å²) in [4.78, 5) is 40.8. The topological polar surface area (TPSA) is 79.6 Å². The number of carbonyl (C=O) groups excluding carboxylic acids is 2. The van der Waals surface area contributed by atoms with E-state index < -0.39 is 22.7 Å². The molecule has 2 saturated carbocycles. The first kappa shape index (κ1) is 30.4. The quantitative estimate of drug-likeness (QED) is 0.208. The fraction of sp³-hybridized carbons (Fsp3) is 0.342. The Balaban J connectivity index is 1.12. The number of likely N-dealkylation sites (tertiary alicyclic amines) is 1. The van der Waals surface area contributed by atoms with Gasteiger partial charge in [0.2, 0.25) is 5.91 Å². The molecule has 1 aliphatic heterocycles. The van der Waals surface area contributed by atoms with Gasteiger partial charge in [0.05, 0.1) is 10.9 Å². The summed E-state index contributed by atoms with van der Waals surface area (Å²) < 4.78 is 20.1. The minimum Gasteiger partial charge on any atom is -0.448 e. The molecule has 1 N–H and O–H groups in total. The molecule has 0 bridgehead atoms. The number of fused-ring (bicyclic) bond motifs is 1. The average molecular weight is 639 g/mol. The van der Waals surface area contributed by atoms with Gasteiger partial charge in [-0.1, -0.05) is 65.7 Å². The average Bonchev–Trinajstić information content (AvgIpc) is 3.76. The van der Waals surface area contributed by atoms with Crippen molar-refractivity contribution < 1.29 is 18.4 Å². The van der Waals surface area contributed by atoms with Gasteiger partial charge in [0.25, 0.3) is 5.91 Å². The number of nitrogens with zero attached hydrogens (tertiary/aromatic N) is 1. The molecular weight excluding hydrogens is 603 g/mol. The van der Waals surface area contributed by atoms with Crippen LogP contribution in [0.25, 0.3) is 11.0 Å². The molecule has 7 rings (SSSR count). The molecule has 2 heterocycles. The molecule has 3 aromatic carbocycles. The Morgan fingerprint density at radius 3 is 2.57 bits per heavy atom. The largest absolute Gasteiger partial charge is 0.448 e. The fourth-order valence-corrected chi connectivity index (χ4v) is 7.50. The van der Waals surface area contributed by atoms with E-state index in [1.807, 2.05) is 29.2 Å². The van der Waals surface area contributed by atoms with E-state index in [-0.39, 0.29) is 28.6 Å². The van der Waals surface area contributed by atoms with E-state index in [2.05, 4.69) is 35.7 Å². The first-order valence-corrected chi connectivity index (χ1v) is 16.5. The van der Waals surface area contributed by atoms with Crippen LogP contribution in [0.1, 0.15) is 90.4 Å². The molecule has 3 fully saturated rings. The fourth-order valence-electron chi connectivity index (χ4n) is 7.37. The van der Waals surface area contributed by atoms with Crippen LogP contribution < -0.4 is 10.7 Å². The van der Waals surface area contributed by atoms with Crippen LogP contribution in [0.3, 0.4) is 0 Å². The summed E-state index contributed by atoms with van der Waals surface area (Å²) in [5.74, 6) is -0.792. The van der Waals surface area contributed by atoms with E-state index >= 15 is 0 Å². The summed E-state index contributed by atoms with van der Waals surface area (Å²) in [7, 11) is 0. The van der Waals surface area contributed by atoms with Crippen molar-refractivity contribution in [1.29, 1.82) is 0 Å². The highest BCUT2D eigenvalue weighted by atomic mass is 35.5. The zero-order valence-electron chi connectivity index (χ0n) is 25.6. The lowest BCUT2D eigenvalue weighted by Crippen LogP contribution is -2.37. The van der Waals surface area contributed by atoms with Gasteiger partial charge < -0.3 is 14.6 Å². The normalized spacial score (nSPS) is 23.0. The van der Waals surface area contributed by atoms with Crippen LogP contribution in [0, 0.1) is 5.82 Å². The van der Waals surface area contributed by atoms with Gasteiger partial charge in [0.15, 0.2) is 22.6 Å². The molecule has 1 aromatic heterocycles. The highest BCUT2D eigenvalue weighted by Crippen LogP contribution is 2.54. The summed E-state index contributed by atoms with van der Waals surface area (Å²) in [5.41, 5.74) is 3.55. The maximum Gasteiger partial charge on any atom is 0.287 e. The summed E-state index contributed by atoms with van der Waals surface area (Å²) in [6.45, 7) is 1.49. The highest BCUT2D eigenvalue weighted by molar-refractivity contribution is 6.30. The Morgan fingerprint density at radius 2 is 1.78 bits per heavy atom. The number of allylic oxidation sites excluding steroid dienone is 1. The van der Waals surface area contributed by atoms with Gasteiger partial charge in [-0.3, -0.25) is 14.4 Å². The molecule has 6 nitrogen and oxygen atoms in total. The molecule has 2 unspecified atom stereocenters. The zero-order valence-corrected chi connectivity index (χ0v) is 26.3. The maximum atomic E-state index is 14.5. The zero-order chi connectivity index (χ0) is 31.8. The van der Waals surface area contributed by atoms with Crippen molar-refractivity contribution in [2.45, 2.75) is 75.3 Å². The molecule has 8 heteroatoms. The van der Waals surface area contributed by atoms with Crippen LogP contribution in [0.4, 0.5) is 4.39 Å². The lowest BCUT2D eigenvalue weighted by molar-refractivity contribution is -0.133. The molecular formula is C38H36ClFN2O4. The van der Waals surface area contributed by atoms with Crippen LogP contribution in [-0.2, 0) is 11.3 Å². The van der Waals surface area contributed by atoms with Gasteiger partial charge >= 0.3 is 0 Å². The second-order valence-electron chi connectivity index (χ2n) is 12.9. The lowest BCUT2D eigenvalue weighted by atomic mass is 9.79. The maximum absolute atomic E-state index is 14.5. The summed E-state index contributed by atoms with van der Waals surface area (Å²) in [6.07, 6.45) is 9.31. The molecule has 2 atom stereocenters. The minimum atomic E-state index is -0.688. The van der Waals surface area contributed by atoms with Crippen molar-refractivity contribution in [2.24, 2.45) is 0 Å². The van der Waals surface area contributed by atoms with E-state index in [0.29, 0.717) is 30.3 Å². The molecule has 0 radical (unpaired) electrons. The van der Waals surface area contributed by atoms with Gasteiger partial charge in [-0.25, -0.2) is 4.39 Å². The Bertz CT molecular complexity index is 1890. The van der Waals surface area contributed by atoms with Crippen molar-refractivity contribution >= 4 is 34.4 Å². The van der Waals surface area contributed by atoms with Crippen molar-refractivity contribution in [1.82, 2.24) is 10.2 Å². The van der Waals surface area contributed by atoms with Crippen LogP contribution in [0.5, 0.6) is 0 Å². The molecule has 2 aliphatic carbocycles. The molecule has 4 aromatic rings. The first-order valence-electron chi connectivity index (χ1n) is 16.2. The standard InChI is InChI=1S/C38H36ClFN2O4/c39-28-17-15-26(16-18-28)31-22-38(31,41-37(45)34-20-33(43)30-8-5-9-32(40)36(30)46-34)21-24-11-13-25(14-12-24)29-7-2-1-6-27(29)23-42-19-4-3-10-35(42)44/h1-2,5-9,15-18,20-21,25,31H,3-4,10-14,19,22-23H2,(H,41,45). The number of rotatable bonds is 7. The Hall–Kier alpha value is -4.23. The predicted molar refractivity (Wildman–Crippen MR) is 176 cm³/mol. The number of piperidine rings is 1. The third-order valence-electron chi connectivity index (χ3n) is 9.92. The van der Waals surface area contributed by atoms with Crippen molar-refractivity contribution in [3.8, 4) is 0 Å².